The highest BCUT2D eigenvalue weighted by atomic mass is 19.4. The second-order valence-electron chi connectivity index (χ2n) is 8.81. The van der Waals surface area contributed by atoms with Gasteiger partial charge < -0.3 is 15.0 Å². The van der Waals surface area contributed by atoms with E-state index in [2.05, 4.69) is 15.2 Å². The topological polar surface area (TPSA) is 74.4 Å². The Hall–Kier alpha value is -3.17. The van der Waals surface area contributed by atoms with Gasteiger partial charge in [-0.15, -0.1) is 0 Å². The van der Waals surface area contributed by atoms with Gasteiger partial charge in [-0.2, -0.15) is 13.2 Å². The fourth-order valence-electron chi connectivity index (χ4n) is 4.86. The van der Waals surface area contributed by atoms with Gasteiger partial charge in [0, 0.05) is 42.3 Å². The summed E-state index contributed by atoms with van der Waals surface area (Å²) in [5.74, 6) is -0.453. The maximum absolute atomic E-state index is 13.5. The zero-order valence-electron chi connectivity index (χ0n) is 18.3. The molecule has 0 spiro atoms. The van der Waals surface area contributed by atoms with Crippen molar-refractivity contribution in [2.45, 2.75) is 24.6 Å². The van der Waals surface area contributed by atoms with Crippen LogP contribution in [0.1, 0.15) is 23.5 Å². The number of pyridine rings is 1. The molecule has 2 aromatic carbocycles. The highest BCUT2D eigenvalue weighted by Crippen LogP contribution is 2.37. The van der Waals surface area contributed by atoms with Crippen LogP contribution in [-0.2, 0) is 15.7 Å². The average Bonchev–Trinajstić information content (AvgIpc) is 3.18. The SMILES string of the molecule is O=C1NC(CN2CCOCC2)CC1c1ccc2cc(-c3ccccc3C(F)(F)F)[nH]c(=O)c2c1. The molecular weight excluding hydrogens is 447 g/mol. The van der Waals surface area contributed by atoms with E-state index in [0.717, 1.165) is 31.3 Å². The molecule has 2 fully saturated rings. The van der Waals surface area contributed by atoms with E-state index in [9.17, 15) is 22.8 Å². The van der Waals surface area contributed by atoms with Crippen molar-refractivity contribution < 1.29 is 22.7 Å². The molecule has 2 saturated heterocycles. The van der Waals surface area contributed by atoms with Crippen LogP contribution in [0, 0.1) is 0 Å². The van der Waals surface area contributed by atoms with Crippen LogP contribution < -0.4 is 10.9 Å². The minimum absolute atomic E-state index is 0.0193. The van der Waals surface area contributed by atoms with Gasteiger partial charge in [0.2, 0.25) is 5.91 Å². The predicted octanol–water partition coefficient (Wildman–Crippen LogP) is 3.52. The molecule has 1 amide bonds. The van der Waals surface area contributed by atoms with Crippen molar-refractivity contribution in [3.8, 4) is 11.3 Å². The molecule has 3 heterocycles. The van der Waals surface area contributed by atoms with Crippen molar-refractivity contribution in [1.82, 2.24) is 15.2 Å². The number of carbonyl (C=O) groups excluding carboxylic acids is 1. The van der Waals surface area contributed by atoms with Crippen molar-refractivity contribution in [2.75, 3.05) is 32.8 Å². The highest BCUT2D eigenvalue weighted by molar-refractivity contribution is 5.90. The lowest BCUT2D eigenvalue weighted by molar-refractivity contribution is -0.137. The fourth-order valence-corrected chi connectivity index (χ4v) is 4.86. The van der Waals surface area contributed by atoms with E-state index < -0.39 is 17.3 Å². The molecule has 34 heavy (non-hydrogen) atoms. The number of aromatic amines is 1. The Bertz CT molecular complexity index is 1280. The van der Waals surface area contributed by atoms with Crippen molar-refractivity contribution >= 4 is 16.7 Å². The monoisotopic (exact) mass is 471 g/mol. The number of rotatable bonds is 4. The maximum atomic E-state index is 13.5. The van der Waals surface area contributed by atoms with Crippen molar-refractivity contribution in [3.05, 3.63) is 70.0 Å². The maximum Gasteiger partial charge on any atom is 0.417 e. The van der Waals surface area contributed by atoms with E-state index in [1.54, 1.807) is 24.3 Å². The smallest absolute Gasteiger partial charge is 0.379 e. The largest absolute Gasteiger partial charge is 0.417 e. The van der Waals surface area contributed by atoms with Gasteiger partial charge in [-0.05, 0) is 35.6 Å². The number of nitrogens with zero attached hydrogens (tertiary/aromatic N) is 1. The van der Waals surface area contributed by atoms with Crippen LogP contribution in [0.5, 0.6) is 0 Å². The lowest BCUT2D eigenvalue weighted by atomic mass is 9.93. The zero-order chi connectivity index (χ0) is 23.9. The Morgan fingerprint density at radius 1 is 1.03 bits per heavy atom. The average molecular weight is 471 g/mol. The van der Waals surface area contributed by atoms with Gasteiger partial charge in [0.25, 0.3) is 5.56 Å². The molecule has 6 nitrogen and oxygen atoms in total. The van der Waals surface area contributed by atoms with Gasteiger partial charge in [-0.1, -0.05) is 30.3 Å². The minimum Gasteiger partial charge on any atom is -0.379 e. The number of hydrogen-bond donors (Lipinski definition) is 2. The molecule has 2 unspecified atom stereocenters. The Morgan fingerprint density at radius 3 is 2.56 bits per heavy atom. The summed E-state index contributed by atoms with van der Waals surface area (Å²) in [5.41, 5.74) is -0.560. The molecule has 1 aromatic heterocycles. The summed E-state index contributed by atoms with van der Waals surface area (Å²) in [6, 6.07) is 11.9. The molecule has 5 rings (SSSR count). The molecule has 3 aromatic rings. The summed E-state index contributed by atoms with van der Waals surface area (Å²) in [6.07, 6.45) is -3.92. The number of ether oxygens (including phenoxy) is 1. The molecule has 0 bridgehead atoms. The summed E-state index contributed by atoms with van der Waals surface area (Å²) in [7, 11) is 0. The van der Waals surface area contributed by atoms with E-state index in [-0.39, 0.29) is 29.1 Å². The second-order valence-corrected chi connectivity index (χ2v) is 8.81. The summed E-state index contributed by atoms with van der Waals surface area (Å²) in [5, 5.41) is 3.91. The van der Waals surface area contributed by atoms with Crippen LogP contribution in [0.4, 0.5) is 13.2 Å². The van der Waals surface area contributed by atoms with E-state index in [4.69, 9.17) is 4.74 Å². The van der Waals surface area contributed by atoms with Crippen LogP contribution in [-0.4, -0.2) is 54.7 Å². The molecule has 2 aliphatic heterocycles. The standard InChI is InChI=1S/C25H24F3N3O3/c26-25(27,28)21-4-2-1-3-18(21)22-12-16-6-5-15(11-19(16)24(33)30-22)20-13-17(29-23(20)32)14-31-7-9-34-10-8-31/h1-6,11-12,17,20H,7-10,13-14H2,(H,29,32)(H,30,33). The van der Waals surface area contributed by atoms with E-state index in [1.165, 1.54) is 18.2 Å². The third kappa shape index (κ3) is 4.45. The Balaban J connectivity index is 1.42. The number of carbonyl (C=O) groups is 1. The van der Waals surface area contributed by atoms with Gasteiger partial charge in [0.15, 0.2) is 0 Å². The molecule has 0 saturated carbocycles. The summed E-state index contributed by atoms with van der Waals surface area (Å²) in [6.45, 7) is 3.80. The first kappa shape index (κ1) is 22.6. The van der Waals surface area contributed by atoms with Crippen molar-refractivity contribution in [2.24, 2.45) is 0 Å². The predicted molar refractivity (Wildman–Crippen MR) is 122 cm³/mol. The van der Waals surface area contributed by atoms with Crippen LogP contribution in [0.25, 0.3) is 22.0 Å². The summed E-state index contributed by atoms with van der Waals surface area (Å²) in [4.78, 5) is 30.4. The van der Waals surface area contributed by atoms with E-state index >= 15 is 0 Å². The minimum atomic E-state index is -4.54. The van der Waals surface area contributed by atoms with Gasteiger partial charge in [-0.3, -0.25) is 14.5 Å². The number of fused-ring (bicyclic) bond motifs is 1. The molecular formula is C25H24F3N3O3. The van der Waals surface area contributed by atoms with Gasteiger partial charge in [0.05, 0.1) is 24.7 Å². The molecule has 0 aliphatic carbocycles. The van der Waals surface area contributed by atoms with E-state index in [1.807, 2.05) is 0 Å². The normalized spacial score (nSPS) is 21.7. The molecule has 2 aliphatic rings. The number of alkyl halides is 3. The zero-order valence-corrected chi connectivity index (χ0v) is 18.3. The highest BCUT2D eigenvalue weighted by Gasteiger charge is 2.35. The van der Waals surface area contributed by atoms with Gasteiger partial charge in [-0.25, -0.2) is 0 Å². The van der Waals surface area contributed by atoms with Crippen molar-refractivity contribution in [1.29, 1.82) is 0 Å². The first-order chi connectivity index (χ1) is 16.3. The number of nitrogens with one attached hydrogen (secondary N) is 2. The number of aromatic nitrogens is 1. The number of H-pyrrole nitrogens is 1. The summed E-state index contributed by atoms with van der Waals surface area (Å²) >= 11 is 0. The van der Waals surface area contributed by atoms with Crippen LogP contribution in [0.3, 0.4) is 0 Å². The first-order valence-electron chi connectivity index (χ1n) is 11.2. The first-order valence-corrected chi connectivity index (χ1v) is 11.2. The number of benzene rings is 2. The number of hydrogen-bond acceptors (Lipinski definition) is 4. The Kier molecular flexibility index (Phi) is 5.91. The molecule has 178 valence electrons. The van der Waals surface area contributed by atoms with Gasteiger partial charge in [0.1, 0.15) is 0 Å². The quantitative estimate of drug-likeness (QED) is 0.611. The van der Waals surface area contributed by atoms with Crippen LogP contribution in [0.15, 0.2) is 53.3 Å². The fraction of sp³-hybridized carbons (Fsp3) is 0.360. The molecule has 9 heteroatoms. The summed E-state index contributed by atoms with van der Waals surface area (Å²) < 4.78 is 45.7. The lowest BCUT2D eigenvalue weighted by Crippen LogP contribution is -2.44. The van der Waals surface area contributed by atoms with Crippen molar-refractivity contribution in [3.63, 3.8) is 0 Å². The molecule has 0 radical (unpaired) electrons. The number of morpholine rings is 1. The Labute approximate surface area is 193 Å². The molecule has 2 atom stereocenters. The number of amides is 1. The van der Waals surface area contributed by atoms with Crippen LogP contribution in [0.2, 0.25) is 0 Å². The second kappa shape index (κ2) is 8.88. The van der Waals surface area contributed by atoms with E-state index in [0.29, 0.717) is 30.4 Å². The third-order valence-electron chi connectivity index (χ3n) is 6.56. The Morgan fingerprint density at radius 2 is 1.79 bits per heavy atom. The molecule has 2 N–H and O–H groups in total. The number of halogens is 3. The third-order valence-corrected chi connectivity index (χ3v) is 6.56. The van der Waals surface area contributed by atoms with Gasteiger partial charge >= 0.3 is 6.18 Å². The lowest BCUT2D eigenvalue weighted by Gasteiger charge is -2.28. The van der Waals surface area contributed by atoms with Crippen LogP contribution >= 0.6 is 0 Å².